The maximum atomic E-state index is 14.1. The zero-order chi connectivity index (χ0) is 32.1. The highest BCUT2D eigenvalue weighted by molar-refractivity contribution is 5.96. The van der Waals surface area contributed by atoms with Gasteiger partial charge in [0, 0.05) is 12.2 Å². The molecule has 3 rings (SSSR count). The maximum Gasteiger partial charge on any atom is 0.408 e. The monoisotopic (exact) mass is 600 g/mol. The fourth-order valence-electron chi connectivity index (χ4n) is 5.64. The van der Waals surface area contributed by atoms with Crippen molar-refractivity contribution in [3.05, 3.63) is 30.3 Å². The van der Waals surface area contributed by atoms with Crippen molar-refractivity contribution in [2.24, 2.45) is 23.2 Å². The summed E-state index contributed by atoms with van der Waals surface area (Å²) in [5.74, 6) is -0.773. The standard InChI is InChI=1S/C33H52N4O6/c1-20(2)22-18-25(37(19-22)30(41)27(32(3,4)5)36-31(42)43-33(6,7)8)28(39)35-24(17-21-13-12-14-21)26(38)29(40)34-23-15-10-9-11-16-23/h9-11,15-16,20-22,24-27,38H,12-14,17-19H2,1-8H3,(H,34,40)(H,35,39)(H,36,42)/t22-,24?,25+,26?,27-/m1/s1. The first-order valence-electron chi connectivity index (χ1n) is 15.6. The van der Waals surface area contributed by atoms with Gasteiger partial charge in [-0.05, 0) is 68.9 Å². The number of hydrogen-bond acceptors (Lipinski definition) is 6. The van der Waals surface area contributed by atoms with Gasteiger partial charge < -0.3 is 30.7 Å². The fraction of sp³-hybridized carbons (Fsp3) is 0.697. The summed E-state index contributed by atoms with van der Waals surface area (Å²) >= 11 is 0. The number of hydrogen-bond donors (Lipinski definition) is 4. The van der Waals surface area contributed by atoms with Crippen LogP contribution in [0.1, 0.15) is 87.5 Å². The Balaban J connectivity index is 1.82. The average molecular weight is 601 g/mol. The Bertz CT molecular complexity index is 1120. The predicted octanol–water partition coefficient (Wildman–Crippen LogP) is 4.47. The fourth-order valence-corrected chi connectivity index (χ4v) is 5.64. The zero-order valence-corrected chi connectivity index (χ0v) is 27.1. The Morgan fingerprint density at radius 1 is 1.00 bits per heavy atom. The smallest absolute Gasteiger partial charge is 0.408 e. The third-order valence-corrected chi connectivity index (χ3v) is 8.47. The van der Waals surface area contributed by atoms with Crippen LogP contribution in [0.4, 0.5) is 10.5 Å². The van der Waals surface area contributed by atoms with Crippen LogP contribution in [0, 0.1) is 23.2 Å². The Hall–Kier alpha value is -3.14. The van der Waals surface area contributed by atoms with Crippen LogP contribution in [0.25, 0.3) is 0 Å². The highest BCUT2D eigenvalue weighted by Crippen LogP contribution is 2.34. The van der Waals surface area contributed by atoms with Crippen LogP contribution in [0.2, 0.25) is 0 Å². The molecule has 2 unspecified atom stereocenters. The number of amides is 4. The van der Waals surface area contributed by atoms with Crippen molar-refractivity contribution < 1.29 is 29.0 Å². The number of rotatable bonds is 10. The van der Waals surface area contributed by atoms with E-state index in [-0.39, 0.29) is 17.7 Å². The minimum Gasteiger partial charge on any atom is -0.444 e. The second kappa shape index (κ2) is 14.1. The van der Waals surface area contributed by atoms with E-state index in [4.69, 9.17) is 4.74 Å². The van der Waals surface area contributed by atoms with Gasteiger partial charge in [-0.2, -0.15) is 0 Å². The van der Waals surface area contributed by atoms with Crippen molar-refractivity contribution in [3.63, 3.8) is 0 Å². The SMILES string of the molecule is CC(C)[C@@H]1C[C@@H](C(=O)NC(CC2CCC2)C(O)C(=O)Nc2ccccc2)N(C(=O)[C@@H](NC(=O)OC(C)(C)C)C(C)(C)C)C1. The Kier molecular flexibility index (Phi) is 11.3. The number of carbonyl (C=O) groups is 4. The predicted molar refractivity (Wildman–Crippen MR) is 166 cm³/mol. The van der Waals surface area contributed by atoms with Crippen LogP contribution in [0.5, 0.6) is 0 Å². The van der Waals surface area contributed by atoms with Gasteiger partial charge in [-0.25, -0.2) is 4.79 Å². The number of aliphatic hydroxyl groups is 1. The van der Waals surface area contributed by atoms with Gasteiger partial charge in [-0.15, -0.1) is 0 Å². The minimum atomic E-state index is -1.47. The van der Waals surface area contributed by atoms with E-state index in [9.17, 15) is 24.3 Å². The first-order valence-corrected chi connectivity index (χ1v) is 15.6. The lowest BCUT2D eigenvalue weighted by Crippen LogP contribution is -2.59. The van der Waals surface area contributed by atoms with E-state index in [0.29, 0.717) is 31.0 Å². The Labute approximate surface area is 256 Å². The van der Waals surface area contributed by atoms with E-state index in [1.54, 1.807) is 49.9 Å². The van der Waals surface area contributed by atoms with Crippen LogP contribution in [0.3, 0.4) is 0 Å². The summed E-state index contributed by atoms with van der Waals surface area (Å²) in [6, 6.07) is 6.32. The number of alkyl carbamates (subject to hydrolysis) is 1. The van der Waals surface area contributed by atoms with Gasteiger partial charge in [0.15, 0.2) is 6.10 Å². The number of aliphatic hydroxyl groups excluding tert-OH is 1. The average Bonchev–Trinajstić information content (AvgIpc) is 3.33. The molecular weight excluding hydrogens is 548 g/mol. The van der Waals surface area contributed by atoms with E-state index in [1.165, 1.54) is 0 Å². The zero-order valence-electron chi connectivity index (χ0n) is 27.1. The van der Waals surface area contributed by atoms with E-state index in [2.05, 4.69) is 29.8 Å². The van der Waals surface area contributed by atoms with E-state index in [0.717, 1.165) is 19.3 Å². The number of benzene rings is 1. The van der Waals surface area contributed by atoms with Gasteiger partial charge in [0.1, 0.15) is 17.7 Å². The van der Waals surface area contributed by atoms with Crippen molar-refractivity contribution in [2.75, 3.05) is 11.9 Å². The molecule has 10 nitrogen and oxygen atoms in total. The van der Waals surface area contributed by atoms with Crippen LogP contribution in [0.15, 0.2) is 30.3 Å². The molecule has 1 saturated carbocycles. The summed E-state index contributed by atoms with van der Waals surface area (Å²) in [4.78, 5) is 55.4. The molecule has 10 heteroatoms. The van der Waals surface area contributed by atoms with Crippen LogP contribution < -0.4 is 16.0 Å². The van der Waals surface area contributed by atoms with E-state index in [1.807, 2.05) is 26.8 Å². The van der Waals surface area contributed by atoms with Crippen molar-refractivity contribution in [3.8, 4) is 0 Å². The van der Waals surface area contributed by atoms with Crippen molar-refractivity contribution in [2.45, 2.75) is 117 Å². The molecule has 4 amide bonds. The summed E-state index contributed by atoms with van der Waals surface area (Å²) in [6.45, 7) is 15.3. The number of anilines is 1. The molecule has 1 heterocycles. The normalized spacial score (nSPS) is 21.4. The maximum absolute atomic E-state index is 14.1. The molecule has 1 aromatic carbocycles. The highest BCUT2D eigenvalue weighted by atomic mass is 16.6. The van der Waals surface area contributed by atoms with Gasteiger partial charge >= 0.3 is 6.09 Å². The summed E-state index contributed by atoms with van der Waals surface area (Å²) in [5.41, 5.74) is -0.848. The summed E-state index contributed by atoms with van der Waals surface area (Å²) in [5, 5.41) is 19.6. The molecule has 43 heavy (non-hydrogen) atoms. The number of likely N-dealkylation sites (tertiary alicyclic amines) is 1. The van der Waals surface area contributed by atoms with E-state index < -0.39 is 53.2 Å². The van der Waals surface area contributed by atoms with Crippen LogP contribution in [-0.2, 0) is 19.1 Å². The number of para-hydroxylation sites is 1. The molecule has 1 aliphatic carbocycles. The molecule has 5 atom stereocenters. The van der Waals surface area contributed by atoms with Crippen LogP contribution in [-0.4, -0.2) is 70.2 Å². The second-order valence-corrected chi connectivity index (χ2v) is 14.6. The van der Waals surface area contributed by atoms with E-state index >= 15 is 0 Å². The van der Waals surface area contributed by atoms with Crippen molar-refractivity contribution >= 4 is 29.5 Å². The summed E-state index contributed by atoms with van der Waals surface area (Å²) in [6.07, 6.45) is 1.79. The third kappa shape index (κ3) is 9.68. The lowest BCUT2D eigenvalue weighted by Gasteiger charge is -2.37. The number of nitrogens with one attached hydrogen (secondary N) is 3. The minimum absolute atomic E-state index is 0.0678. The molecule has 2 fully saturated rings. The number of nitrogens with zero attached hydrogens (tertiary/aromatic N) is 1. The topological polar surface area (TPSA) is 137 Å². The number of carbonyl (C=O) groups excluding carboxylic acids is 4. The first kappa shape index (κ1) is 34.4. The van der Waals surface area contributed by atoms with Gasteiger partial charge in [-0.1, -0.05) is 72.1 Å². The van der Waals surface area contributed by atoms with Gasteiger partial charge in [-0.3, -0.25) is 14.4 Å². The largest absolute Gasteiger partial charge is 0.444 e. The quantitative estimate of drug-likeness (QED) is 0.313. The van der Waals surface area contributed by atoms with Crippen molar-refractivity contribution in [1.82, 2.24) is 15.5 Å². The molecule has 2 aliphatic rings. The third-order valence-electron chi connectivity index (χ3n) is 8.47. The number of ether oxygens (including phenoxy) is 1. The van der Waals surface area contributed by atoms with Gasteiger partial charge in [0.05, 0.1) is 6.04 Å². The second-order valence-electron chi connectivity index (χ2n) is 14.6. The molecule has 0 spiro atoms. The molecule has 0 bridgehead atoms. The molecule has 0 aromatic heterocycles. The lowest BCUT2D eigenvalue weighted by atomic mass is 9.79. The molecule has 0 radical (unpaired) electrons. The lowest BCUT2D eigenvalue weighted by molar-refractivity contribution is -0.143. The van der Waals surface area contributed by atoms with Gasteiger partial charge in [0.25, 0.3) is 5.91 Å². The summed E-state index contributed by atoms with van der Waals surface area (Å²) < 4.78 is 5.44. The van der Waals surface area contributed by atoms with Gasteiger partial charge in [0.2, 0.25) is 11.8 Å². The Morgan fingerprint density at radius 2 is 1.63 bits per heavy atom. The molecule has 4 N–H and O–H groups in total. The van der Waals surface area contributed by atoms with Crippen LogP contribution >= 0.6 is 0 Å². The first-order chi connectivity index (χ1) is 20.0. The highest BCUT2D eigenvalue weighted by Gasteiger charge is 2.46. The molecule has 1 aromatic rings. The molecule has 1 aliphatic heterocycles. The molecule has 240 valence electrons. The molecular formula is C33H52N4O6. The molecule has 1 saturated heterocycles. The van der Waals surface area contributed by atoms with Crippen molar-refractivity contribution in [1.29, 1.82) is 0 Å². The summed E-state index contributed by atoms with van der Waals surface area (Å²) in [7, 11) is 0. The Morgan fingerprint density at radius 3 is 2.14 bits per heavy atom.